The van der Waals surface area contributed by atoms with E-state index in [1.165, 1.54) is 6.08 Å². The highest BCUT2D eigenvalue weighted by atomic mass is 16.4. The van der Waals surface area contributed by atoms with E-state index in [-0.39, 0.29) is 24.0 Å². The van der Waals surface area contributed by atoms with Crippen LogP contribution in [0.4, 0.5) is 0 Å². The highest BCUT2D eigenvalue weighted by Gasteiger charge is 2.21. The standard InChI is InChI=1S/C23H38O7/c1-15(8-12-20(25)22(28)23(29)30)6-5-7-16(2)14-17(3)9-11-19(24)18(4)10-13-21(26)27/h8-9,12,15-16,18,20,22,25,28H,5-7,10-11,13-14H2,1-4H3,(H,26,27)(H,29,30)/b12-8+,17-9+. The Morgan fingerprint density at radius 2 is 1.57 bits per heavy atom. The summed E-state index contributed by atoms with van der Waals surface area (Å²) in [5.74, 6) is -1.89. The number of aliphatic hydroxyl groups is 2. The molecule has 0 aliphatic heterocycles. The second-order valence-corrected chi connectivity index (χ2v) is 8.43. The Morgan fingerprint density at radius 3 is 2.13 bits per heavy atom. The van der Waals surface area contributed by atoms with Gasteiger partial charge in [-0.3, -0.25) is 9.59 Å². The second kappa shape index (κ2) is 14.9. The maximum absolute atomic E-state index is 12.1. The van der Waals surface area contributed by atoms with Crippen LogP contribution < -0.4 is 0 Å². The van der Waals surface area contributed by atoms with Gasteiger partial charge in [0.1, 0.15) is 11.9 Å². The van der Waals surface area contributed by atoms with Gasteiger partial charge in [0.15, 0.2) is 6.10 Å². The lowest BCUT2D eigenvalue weighted by Crippen LogP contribution is -2.32. The molecule has 172 valence electrons. The SMILES string of the molecule is C/C(=C\CC(=O)C(C)CCC(=O)O)CC(C)CCCC(C)/C=C/C(O)C(O)C(=O)O. The van der Waals surface area contributed by atoms with Gasteiger partial charge in [0.2, 0.25) is 0 Å². The van der Waals surface area contributed by atoms with Gasteiger partial charge in [0, 0.05) is 18.8 Å². The lowest BCUT2D eigenvalue weighted by Gasteiger charge is -2.14. The van der Waals surface area contributed by atoms with Gasteiger partial charge < -0.3 is 20.4 Å². The molecule has 0 amide bonds. The predicted octanol–water partition coefficient (Wildman–Crippen LogP) is 3.59. The van der Waals surface area contributed by atoms with Crippen LogP contribution >= 0.6 is 0 Å². The fourth-order valence-electron chi connectivity index (χ4n) is 3.15. The van der Waals surface area contributed by atoms with Gasteiger partial charge in [0.05, 0.1) is 0 Å². The fourth-order valence-corrected chi connectivity index (χ4v) is 3.15. The van der Waals surface area contributed by atoms with Crippen molar-refractivity contribution in [3.8, 4) is 0 Å². The molecule has 0 heterocycles. The number of hydrogen-bond donors (Lipinski definition) is 4. The lowest BCUT2D eigenvalue weighted by molar-refractivity contribution is -0.151. The first kappa shape index (κ1) is 28.0. The average Bonchev–Trinajstić information content (AvgIpc) is 2.67. The molecule has 0 radical (unpaired) electrons. The number of carboxylic acids is 2. The number of rotatable bonds is 16. The molecule has 0 saturated carbocycles. The van der Waals surface area contributed by atoms with E-state index in [9.17, 15) is 24.6 Å². The van der Waals surface area contributed by atoms with Crippen molar-refractivity contribution in [3.63, 3.8) is 0 Å². The fraction of sp³-hybridized carbons (Fsp3) is 0.696. The number of Topliss-reactive ketones (excluding diaryl/α,β-unsaturated/α-hetero) is 1. The maximum atomic E-state index is 12.1. The minimum Gasteiger partial charge on any atom is -0.481 e. The van der Waals surface area contributed by atoms with Crippen LogP contribution in [0.2, 0.25) is 0 Å². The van der Waals surface area contributed by atoms with E-state index in [1.807, 2.05) is 19.9 Å². The molecule has 30 heavy (non-hydrogen) atoms. The first-order valence-electron chi connectivity index (χ1n) is 10.6. The minimum absolute atomic E-state index is 0.0132. The van der Waals surface area contributed by atoms with Crippen LogP contribution in [0.15, 0.2) is 23.8 Å². The smallest absolute Gasteiger partial charge is 0.335 e. The van der Waals surface area contributed by atoms with Gasteiger partial charge in [-0.25, -0.2) is 4.79 Å². The molecule has 0 bridgehead atoms. The zero-order chi connectivity index (χ0) is 23.3. The second-order valence-electron chi connectivity index (χ2n) is 8.43. The Labute approximate surface area is 179 Å². The topological polar surface area (TPSA) is 132 Å². The van der Waals surface area contributed by atoms with Gasteiger partial charge in [-0.2, -0.15) is 0 Å². The molecule has 5 unspecified atom stereocenters. The van der Waals surface area contributed by atoms with E-state index in [4.69, 9.17) is 10.2 Å². The summed E-state index contributed by atoms with van der Waals surface area (Å²) in [6.07, 6.45) is 6.26. The Bertz CT molecular complexity index is 609. The zero-order valence-electron chi connectivity index (χ0n) is 18.6. The van der Waals surface area contributed by atoms with Crippen molar-refractivity contribution in [2.45, 2.75) is 84.8 Å². The molecule has 0 fully saturated rings. The quantitative estimate of drug-likeness (QED) is 0.277. The maximum Gasteiger partial charge on any atom is 0.335 e. The molecule has 0 saturated heterocycles. The van der Waals surface area contributed by atoms with Gasteiger partial charge >= 0.3 is 11.9 Å². The van der Waals surface area contributed by atoms with Gasteiger partial charge in [-0.15, -0.1) is 0 Å². The third kappa shape index (κ3) is 13.3. The predicted molar refractivity (Wildman–Crippen MR) is 115 cm³/mol. The van der Waals surface area contributed by atoms with E-state index in [0.717, 1.165) is 31.3 Å². The van der Waals surface area contributed by atoms with Crippen molar-refractivity contribution < 1.29 is 34.8 Å². The number of carbonyl (C=O) groups excluding carboxylic acids is 1. The molecule has 0 aliphatic rings. The van der Waals surface area contributed by atoms with Crippen LogP contribution in [-0.4, -0.2) is 50.4 Å². The Hall–Kier alpha value is -1.99. The van der Waals surface area contributed by atoms with Crippen LogP contribution in [-0.2, 0) is 14.4 Å². The molecule has 0 spiro atoms. The number of carboxylic acid groups (broad SMARTS) is 2. The molecular formula is C23H38O7. The molecule has 0 aromatic rings. The minimum atomic E-state index is -1.81. The third-order valence-corrected chi connectivity index (χ3v) is 5.23. The van der Waals surface area contributed by atoms with Crippen molar-refractivity contribution in [2.75, 3.05) is 0 Å². The number of carbonyl (C=O) groups is 3. The van der Waals surface area contributed by atoms with Crippen molar-refractivity contribution in [1.82, 2.24) is 0 Å². The van der Waals surface area contributed by atoms with Crippen LogP contribution in [0.1, 0.15) is 72.6 Å². The summed E-state index contributed by atoms with van der Waals surface area (Å²) in [6, 6.07) is 0. The molecule has 0 aliphatic carbocycles. The summed E-state index contributed by atoms with van der Waals surface area (Å²) in [5.41, 5.74) is 1.15. The van der Waals surface area contributed by atoms with Gasteiger partial charge in [0.25, 0.3) is 0 Å². The summed E-state index contributed by atoms with van der Waals surface area (Å²) in [6.45, 7) is 7.91. The van der Waals surface area contributed by atoms with Crippen molar-refractivity contribution >= 4 is 17.7 Å². The van der Waals surface area contributed by atoms with E-state index in [2.05, 4.69) is 6.92 Å². The average molecular weight is 427 g/mol. The Balaban J connectivity index is 4.21. The molecule has 0 aromatic carbocycles. The number of aliphatic carboxylic acids is 2. The molecule has 4 N–H and O–H groups in total. The summed E-state index contributed by atoms with van der Waals surface area (Å²) in [7, 11) is 0. The first-order valence-corrected chi connectivity index (χ1v) is 10.6. The van der Waals surface area contributed by atoms with Gasteiger partial charge in [-0.05, 0) is 38.0 Å². The number of allylic oxidation sites excluding steroid dienone is 3. The number of hydrogen-bond acceptors (Lipinski definition) is 5. The molecule has 7 heteroatoms. The normalized spacial score (nSPS) is 17.3. The summed E-state index contributed by atoms with van der Waals surface area (Å²) < 4.78 is 0. The largest absolute Gasteiger partial charge is 0.481 e. The molecule has 0 aromatic heterocycles. The summed E-state index contributed by atoms with van der Waals surface area (Å²) >= 11 is 0. The Kier molecular flexibility index (Phi) is 13.9. The summed E-state index contributed by atoms with van der Waals surface area (Å²) in [4.78, 5) is 33.3. The Morgan fingerprint density at radius 1 is 0.933 bits per heavy atom. The van der Waals surface area contributed by atoms with Crippen molar-refractivity contribution in [3.05, 3.63) is 23.8 Å². The highest BCUT2D eigenvalue weighted by molar-refractivity contribution is 5.82. The number of aliphatic hydroxyl groups excluding tert-OH is 2. The van der Waals surface area contributed by atoms with Gasteiger partial charge in [-0.1, -0.05) is 57.4 Å². The monoisotopic (exact) mass is 426 g/mol. The lowest BCUT2D eigenvalue weighted by atomic mass is 9.92. The van der Waals surface area contributed by atoms with Crippen LogP contribution in [0, 0.1) is 17.8 Å². The summed E-state index contributed by atoms with van der Waals surface area (Å²) in [5, 5.41) is 36.1. The van der Waals surface area contributed by atoms with Crippen LogP contribution in [0.3, 0.4) is 0 Å². The molecule has 7 nitrogen and oxygen atoms in total. The highest BCUT2D eigenvalue weighted by Crippen LogP contribution is 2.20. The van der Waals surface area contributed by atoms with E-state index >= 15 is 0 Å². The van der Waals surface area contributed by atoms with Crippen LogP contribution in [0.25, 0.3) is 0 Å². The third-order valence-electron chi connectivity index (χ3n) is 5.23. The van der Waals surface area contributed by atoms with E-state index in [0.29, 0.717) is 18.8 Å². The molecular weight excluding hydrogens is 388 g/mol. The molecule has 5 atom stereocenters. The molecule has 0 rings (SSSR count). The van der Waals surface area contributed by atoms with E-state index < -0.39 is 24.1 Å². The first-order chi connectivity index (χ1) is 13.9. The number of ketones is 1. The zero-order valence-corrected chi connectivity index (χ0v) is 18.6. The van der Waals surface area contributed by atoms with Crippen LogP contribution in [0.5, 0.6) is 0 Å². The van der Waals surface area contributed by atoms with E-state index in [1.54, 1.807) is 13.0 Å². The van der Waals surface area contributed by atoms with Crippen molar-refractivity contribution in [1.29, 1.82) is 0 Å². The van der Waals surface area contributed by atoms with Crippen molar-refractivity contribution in [2.24, 2.45) is 17.8 Å².